The van der Waals surface area contributed by atoms with Gasteiger partial charge in [0.05, 0.1) is 17.3 Å². The zero-order chi connectivity index (χ0) is 27.9. The number of carboxylic acids is 1. The average Bonchev–Trinajstić information content (AvgIpc) is 3.24. The molecular weight excluding hydrogens is 521 g/mol. The molecule has 0 radical (unpaired) electrons. The van der Waals surface area contributed by atoms with E-state index in [1.165, 1.54) is 17.7 Å². The van der Waals surface area contributed by atoms with E-state index < -0.39 is 23.6 Å². The van der Waals surface area contributed by atoms with Crippen LogP contribution in [0.4, 0.5) is 13.2 Å². The summed E-state index contributed by atoms with van der Waals surface area (Å²) in [6.45, 7) is 3.27. The summed E-state index contributed by atoms with van der Waals surface area (Å²) in [5, 5.41) is 14.5. The number of ether oxygens (including phenoxy) is 1. The zero-order valence-electron chi connectivity index (χ0n) is 20.8. The van der Waals surface area contributed by atoms with E-state index in [1.54, 1.807) is 37.3 Å². The first-order valence-electron chi connectivity index (χ1n) is 11.9. The van der Waals surface area contributed by atoms with Gasteiger partial charge >= 0.3 is 12.1 Å². The van der Waals surface area contributed by atoms with Crippen LogP contribution in [-0.2, 0) is 28.7 Å². The molecule has 3 rings (SSSR count). The van der Waals surface area contributed by atoms with Crippen molar-refractivity contribution >= 4 is 23.5 Å². The summed E-state index contributed by atoms with van der Waals surface area (Å²) >= 11 is 5.69. The highest BCUT2D eigenvalue weighted by molar-refractivity contribution is 6.25. The number of allylic oxidation sites excluding steroid dienone is 1. The molecule has 0 aliphatic carbocycles. The van der Waals surface area contributed by atoms with Crippen molar-refractivity contribution in [2.24, 2.45) is 5.92 Å². The van der Waals surface area contributed by atoms with Gasteiger partial charge in [0.15, 0.2) is 0 Å². The molecule has 0 bridgehead atoms. The molecule has 0 aromatic heterocycles. The van der Waals surface area contributed by atoms with E-state index in [2.05, 4.69) is 10.6 Å². The van der Waals surface area contributed by atoms with Crippen LogP contribution in [-0.4, -0.2) is 23.0 Å². The number of benzene rings is 2. The molecule has 2 unspecified atom stereocenters. The van der Waals surface area contributed by atoms with Gasteiger partial charge in [-0.1, -0.05) is 35.9 Å². The van der Waals surface area contributed by atoms with E-state index in [0.29, 0.717) is 12.2 Å². The van der Waals surface area contributed by atoms with E-state index in [1.807, 2.05) is 19.1 Å². The highest BCUT2D eigenvalue weighted by atomic mass is 35.5. The van der Waals surface area contributed by atoms with Crippen LogP contribution < -0.4 is 15.4 Å². The lowest BCUT2D eigenvalue weighted by Crippen LogP contribution is -2.33. The van der Waals surface area contributed by atoms with Crippen molar-refractivity contribution in [2.45, 2.75) is 45.5 Å². The minimum atomic E-state index is -4.63. The molecule has 2 atom stereocenters. The zero-order valence-corrected chi connectivity index (χ0v) is 21.6. The van der Waals surface area contributed by atoms with Crippen molar-refractivity contribution in [3.05, 3.63) is 94.2 Å². The van der Waals surface area contributed by atoms with Crippen molar-refractivity contribution in [3.63, 3.8) is 0 Å². The largest absolute Gasteiger partial charge is 0.481 e. The number of alkyl halides is 3. The maximum Gasteiger partial charge on any atom is 0.416 e. The Labute approximate surface area is 223 Å². The number of carbonyl (C=O) groups is 2. The third-order valence-electron chi connectivity index (χ3n) is 6.01. The Morgan fingerprint density at radius 1 is 1.13 bits per heavy atom. The summed E-state index contributed by atoms with van der Waals surface area (Å²) in [6.07, 6.45) is 2.79. The van der Waals surface area contributed by atoms with Crippen molar-refractivity contribution in [1.82, 2.24) is 10.6 Å². The van der Waals surface area contributed by atoms with Gasteiger partial charge in [0, 0.05) is 24.4 Å². The molecule has 3 N–H and O–H groups in total. The Bertz CT molecular complexity index is 1270. The molecule has 2 aromatic carbocycles. The summed E-state index contributed by atoms with van der Waals surface area (Å²) in [5.74, 6) is -1.06. The summed E-state index contributed by atoms with van der Waals surface area (Å²) in [4.78, 5) is 23.6. The first kappa shape index (κ1) is 28.8. The number of carbonyl (C=O) groups excluding carboxylic acids is 1. The van der Waals surface area contributed by atoms with Gasteiger partial charge < -0.3 is 20.5 Å². The normalized spacial score (nSPS) is 17.5. The molecule has 1 aliphatic heterocycles. The minimum absolute atomic E-state index is 0.0124. The summed E-state index contributed by atoms with van der Waals surface area (Å²) < 4.78 is 46.8. The molecular formula is C28H28ClF3N2O4. The second-order valence-electron chi connectivity index (χ2n) is 8.76. The topological polar surface area (TPSA) is 87.7 Å². The lowest BCUT2D eigenvalue weighted by atomic mass is 10.0. The molecule has 202 valence electrons. The van der Waals surface area contributed by atoms with Gasteiger partial charge in [-0.15, -0.1) is 0 Å². The monoisotopic (exact) mass is 548 g/mol. The Hall–Kier alpha value is -3.72. The molecule has 1 aliphatic rings. The highest BCUT2D eigenvalue weighted by Gasteiger charge is 2.34. The number of amides is 1. The molecule has 6 nitrogen and oxygen atoms in total. The number of rotatable bonds is 10. The third kappa shape index (κ3) is 7.64. The van der Waals surface area contributed by atoms with Crippen LogP contribution >= 0.6 is 11.6 Å². The highest BCUT2D eigenvalue weighted by Crippen LogP contribution is 2.35. The molecule has 1 amide bonds. The summed E-state index contributed by atoms with van der Waals surface area (Å²) in [5.41, 5.74) is 2.21. The second-order valence-corrected chi connectivity index (χ2v) is 9.01. The van der Waals surface area contributed by atoms with Gasteiger partial charge in [-0.05, 0) is 73.4 Å². The quantitative estimate of drug-likeness (QED) is 0.306. The van der Waals surface area contributed by atoms with Gasteiger partial charge in [-0.2, -0.15) is 13.2 Å². The predicted octanol–water partition coefficient (Wildman–Crippen LogP) is 6.24. The molecule has 2 aromatic rings. The number of nitrogens with one attached hydrogen (secondary N) is 2. The molecule has 38 heavy (non-hydrogen) atoms. The van der Waals surface area contributed by atoms with Crippen LogP contribution in [0.3, 0.4) is 0 Å². The minimum Gasteiger partial charge on any atom is -0.481 e. The number of hydrogen-bond donors (Lipinski definition) is 3. The van der Waals surface area contributed by atoms with Crippen LogP contribution in [0.25, 0.3) is 0 Å². The fraction of sp³-hybridized carbons (Fsp3) is 0.286. The van der Waals surface area contributed by atoms with Crippen molar-refractivity contribution < 1.29 is 32.6 Å². The fourth-order valence-electron chi connectivity index (χ4n) is 4.12. The summed E-state index contributed by atoms with van der Waals surface area (Å²) in [7, 11) is 0. The fourth-order valence-corrected chi connectivity index (χ4v) is 4.29. The van der Waals surface area contributed by atoms with E-state index in [-0.39, 0.29) is 41.9 Å². The molecule has 0 fully saturated rings. The van der Waals surface area contributed by atoms with Crippen LogP contribution in [0.5, 0.6) is 11.5 Å². The van der Waals surface area contributed by atoms with Gasteiger partial charge in [-0.3, -0.25) is 9.59 Å². The maximum absolute atomic E-state index is 13.7. The van der Waals surface area contributed by atoms with Crippen LogP contribution in [0.15, 0.2) is 71.9 Å². The van der Waals surface area contributed by atoms with Crippen molar-refractivity contribution in [3.8, 4) is 11.5 Å². The maximum atomic E-state index is 13.7. The van der Waals surface area contributed by atoms with Crippen LogP contribution in [0.2, 0.25) is 0 Å². The lowest BCUT2D eigenvalue weighted by Gasteiger charge is -2.17. The molecule has 0 spiro atoms. The second kappa shape index (κ2) is 12.7. The summed E-state index contributed by atoms with van der Waals surface area (Å²) in [6, 6.07) is 8.24. The Balaban J connectivity index is 1.77. The van der Waals surface area contributed by atoms with E-state index in [0.717, 1.165) is 17.2 Å². The van der Waals surface area contributed by atoms with Gasteiger partial charge in [0.25, 0.3) is 5.91 Å². The van der Waals surface area contributed by atoms with Crippen LogP contribution in [0, 0.1) is 12.8 Å². The molecule has 10 heteroatoms. The average molecular weight is 549 g/mol. The van der Waals surface area contributed by atoms with E-state index >= 15 is 0 Å². The first-order valence-corrected chi connectivity index (χ1v) is 12.3. The lowest BCUT2D eigenvalue weighted by molar-refractivity contribution is -0.138. The predicted molar refractivity (Wildman–Crippen MR) is 139 cm³/mol. The van der Waals surface area contributed by atoms with Crippen molar-refractivity contribution in [1.29, 1.82) is 0 Å². The van der Waals surface area contributed by atoms with Crippen LogP contribution in [0.1, 0.15) is 35.6 Å². The number of halogens is 4. The van der Waals surface area contributed by atoms with Gasteiger partial charge in [-0.25, -0.2) is 0 Å². The standard InChI is InChI=1S/C28H28ClF3N2O4/c1-3-4-24-19(11-12-29)15-25(34-24)27(37)33-16-20-14-22(8-9-23(20)28(30,31)32)38-21-7-5-18(17(2)13-21)6-10-26(35)36/h3-5,7-9,11-15,19,24,34H,6,10,16H2,1-2H3,(H,33,37)(H,35,36)/b4-3-,12-11+. The van der Waals surface area contributed by atoms with Crippen molar-refractivity contribution in [2.75, 3.05) is 0 Å². The molecule has 1 heterocycles. The number of aryl methyl sites for hydroxylation is 2. The number of aliphatic carboxylic acids is 1. The number of hydrogen-bond acceptors (Lipinski definition) is 4. The van der Waals surface area contributed by atoms with Gasteiger partial charge in [0.1, 0.15) is 11.5 Å². The third-order valence-corrected chi connectivity index (χ3v) is 6.16. The Kier molecular flexibility index (Phi) is 9.63. The molecule has 0 saturated heterocycles. The Morgan fingerprint density at radius 2 is 1.84 bits per heavy atom. The Morgan fingerprint density at radius 3 is 2.47 bits per heavy atom. The van der Waals surface area contributed by atoms with E-state index in [9.17, 15) is 22.8 Å². The number of carboxylic acid groups (broad SMARTS) is 1. The van der Waals surface area contributed by atoms with E-state index in [4.69, 9.17) is 21.4 Å². The molecule has 0 saturated carbocycles. The smallest absolute Gasteiger partial charge is 0.416 e. The SMILES string of the molecule is C/C=C\C1NC(C(=O)NCc2cc(Oc3ccc(CCC(=O)O)c(C)c3)ccc2C(F)(F)F)=CC1/C=C/Cl. The van der Waals surface area contributed by atoms with Gasteiger partial charge in [0.2, 0.25) is 0 Å². The first-order chi connectivity index (χ1) is 18.0.